The van der Waals surface area contributed by atoms with Gasteiger partial charge in [0.15, 0.2) is 0 Å². The van der Waals surface area contributed by atoms with Gasteiger partial charge in [-0.3, -0.25) is 0 Å². The number of rotatable bonds is 3. The predicted octanol–water partition coefficient (Wildman–Crippen LogP) is 4.64. The van der Waals surface area contributed by atoms with Crippen LogP contribution < -0.4 is 0 Å². The lowest BCUT2D eigenvalue weighted by Gasteiger charge is -2.10. The van der Waals surface area contributed by atoms with Crippen molar-refractivity contribution in [2.24, 2.45) is 5.92 Å². The maximum absolute atomic E-state index is 5.30. The molecular weight excluding hydrogens is 248 g/mol. The first-order valence-electron chi connectivity index (χ1n) is 7.09. The van der Waals surface area contributed by atoms with E-state index in [-0.39, 0.29) is 0 Å². The molecule has 20 heavy (non-hydrogen) atoms. The van der Waals surface area contributed by atoms with Crippen molar-refractivity contribution < 1.29 is 4.52 Å². The van der Waals surface area contributed by atoms with Gasteiger partial charge in [0, 0.05) is 22.7 Å². The fourth-order valence-corrected chi connectivity index (χ4v) is 2.89. The van der Waals surface area contributed by atoms with E-state index >= 15 is 0 Å². The summed E-state index contributed by atoms with van der Waals surface area (Å²) >= 11 is 0. The van der Waals surface area contributed by atoms with E-state index in [0.717, 1.165) is 23.4 Å². The number of nitrogens with one attached hydrogen (secondary N) is 1. The van der Waals surface area contributed by atoms with Crippen LogP contribution in [0.2, 0.25) is 0 Å². The van der Waals surface area contributed by atoms with E-state index in [1.54, 1.807) is 0 Å². The van der Waals surface area contributed by atoms with E-state index < -0.39 is 0 Å². The van der Waals surface area contributed by atoms with Crippen molar-refractivity contribution in [2.75, 3.05) is 0 Å². The topological polar surface area (TPSA) is 41.8 Å². The average molecular weight is 268 g/mol. The Balaban J connectivity index is 2.22. The third kappa shape index (κ3) is 2.13. The van der Waals surface area contributed by atoms with Crippen LogP contribution in [0.1, 0.15) is 30.9 Å². The number of hydrogen-bond donors (Lipinski definition) is 1. The molecule has 3 heteroatoms. The standard InChI is InChI=1S/C17H20N2O/c1-10(2)7-13-8-14(9-16-15(13)5-6-18-16)17-11(3)19-20-12(17)4/h5-6,8-10,18H,7H2,1-4H3. The first-order chi connectivity index (χ1) is 9.56. The normalized spacial score (nSPS) is 11.7. The van der Waals surface area contributed by atoms with Gasteiger partial charge in [0.25, 0.3) is 0 Å². The Hall–Kier alpha value is -2.03. The number of aryl methyl sites for hydroxylation is 2. The van der Waals surface area contributed by atoms with Crippen molar-refractivity contribution >= 4 is 10.9 Å². The van der Waals surface area contributed by atoms with E-state index in [4.69, 9.17) is 4.52 Å². The van der Waals surface area contributed by atoms with Gasteiger partial charge in [-0.2, -0.15) is 0 Å². The van der Waals surface area contributed by atoms with Gasteiger partial charge >= 0.3 is 0 Å². The highest BCUT2D eigenvalue weighted by Crippen LogP contribution is 2.32. The lowest BCUT2D eigenvalue weighted by Crippen LogP contribution is -1.96. The first kappa shape index (κ1) is 13.0. The van der Waals surface area contributed by atoms with Gasteiger partial charge in [0.1, 0.15) is 5.76 Å². The zero-order valence-corrected chi connectivity index (χ0v) is 12.4. The van der Waals surface area contributed by atoms with Gasteiger partial charge in [-0.05, 0) is 49.4 Å². The highest BCUT2D eigenvalue weighted by Gasteiger charge is 2.14. The number of aromatic nitrogens is 2. The van der Waals surface area contributed by atoms with Crippen LogP contribution in [0.4, 0.5) is 0 Å². The maximum Gasteiger partial charge on any atom is 0.141 e. The van der Waals surface area contributed by atoms with Crippen LogP contribution in [0.3, 0.4) is 0 Å². The predicted molar refractivity (Wildman–Crippen MR) is 81.8 cm³/mol. The number of H-pyrrole nitrogens is 1. The number of hydrogen-bond acceptors (Lipinski definition) is 2. The molecular formula is C17H20N2O. The maximum atomic E-state index is 5.30. The Morgan fingerprint density at radius 1 is 1.25 bits per heavy atom. The van der Waals surface area contributed by atoms with Crippen molar-refractivity contribution in [3.05, 3.63) is 41.4 Å². The fraction of sp³-hybridized carbons (Fsp3) is 0.353. The summed E-state index contributed by atoms with van der Waals surface area (Å²) in [6.45, 7) is 8.46. The first-order valence-corrected chi connectivity index (χ1v) is 7.09. The minimum Gasteiger partial charge on any atom is -0.361 e. The van der Waals surface area contributed by atoms with Gasteiger partial charge in [0.05, 0.1) is 5.69 Å². The zero-order chi connectivity index (χ0) is 14.3. The molecule has 2 heterocycles. The van der Waals surface area contributed by atoms with Gasteiger partial charge in [-0.15, -0.1) is 0 Å². The number of nitrogens with zero attached hydrogens (tertiary/aromatic N) is 1. The molecule has 0 radical (unpaired) electrons. The van der Waals surface area contributed by atoms with Crippen molar-refractivity contribution in [3.8, 4) is 11.1 Å². The van der Waals surface area contributed by atoms with Crippen LogP contribution in [-0.4, -0.2) is 10.1 Å². The summed E-state index contributed by atoms with van der Waals surface area (Å²) in [5.41, 5.74) is 5.81. The molecule has 0 unspecified atom stereocenters. The second-order valence-electron chi connectivity index (χ2n) is 5.87. The van der Waals surface area contributed by atoms with E-state index in [2.05, 4.69) is 42.2 Å². The molecule has 0 aliphatic heterocycles. The lowest BCUT2D eigenvalue weighted by molar-refractivity contribution is 0.393. The van der Waals surface area contributed by atoms with E-state index in [9.17, 15) is 0 Å². The summed E-state index contributed by atoms with van der Waals surface area (Å²) in [5, 5.41) is 5.38. The van der Waals surface area contributed by atoms with Crippen LogP contribution in [-0.2, 0) is 6.42 Å². The minimum atomic E-state index is 0.632. The molecule has 0 atom stereocenters. The third-order valence-corrected chi connectivity index (χ3v) is 3.70. The third-order valence-electron chi connectivity index (χ3n) is 3.70. The monoisotopic (exact) mass is 268 g/mol. The van der Waals surface area contributed by atoms with Crippen LogP contribution in [0.15, 0.2) is 28.9 Å². The fourth-order valence-electron chi connectivity index (χ4n) is 2.89. The summed E-state index contributed by atoms with van der Waals surface area (Å²) in [7, 11) is 0. The van der Waals surface area contributed by atoms with Crippen LogP contribution in [0, 0.1) is 19.8 Å². The smallest absolute Gasteiger partial charge is 0.141 e. The van der Waals surface area contributed by atoms with E-state index in [0.29, 0.717) is 5.92 Å². The highest BCUT2D eigenvalue weighted by molar-refractivity contribution is 5.88. The second-order valence-corrected chi connectivity index (χ2v) is 5.87. The Labute approximate surface area is 119 Å². The molecule has 1 aromatic carbocycles. The number of benzene rings is 1. The number of aromatic amines is 1. The molecule has 2 aromatic heterocycles. The lowest BCUT2D eigenvalue weighted by atomic mass is 9.94. The highest BCUT2D eigenvalue weighted by atomic mass is 16.5. The summed E-state index contributed by atoms with van der Waals surface area (Å²) in [5.74, 6) is 1.51. The quantitative estimate of drug-likeness (QED) is 0.752. The molecule has 0 saturated heterocycles. The van der Waals surface area contributed by atoms with Crippen molar-refractivity contribution in [1.82, 2.24) is 10.1 Å². The molecule has 0 spiro atoms. The summed E-state index contributed by atoms with van der Waals surface area (Å²) in [4.78, 5) is 3.32. The summed E-state index contributed by atoms with van der Waals surface area (Å²) in [6, 6.07) is 6.62. The second kappa shape index (κ2) is 4.82. The molecule has 3 aromatic rings. The SMILES string of the molecule is Cc1noc(C)c1-c1cc(CC(C)C)c2cc[nH]c2c1. The molecule has 3 rings (SSSR count). The molecule has 3 nitrogen and oxygen atoms in total. The van der Waals surface area contributed by atoms with E-state index in [1.165, 1.54) is 22.0 Å². The minimum absolute atomic E-state index is 0.632. The molecule has 0 saturated carbocycles. The van der Waals surface area contributed by atoms with Crippen LogP contribution in [0.25, 0.3) is 22.0 Å². The van der Waals surface area contributed by atoms with Crippen molar-refractivity contribution in [1.29, 1.82) is 0 Å². The molecule has 104 valence electrons. The summed E-state index contributed by atoms with van der Waals surface area (Å²) < 4.78 is 5.30. The van der Waals surface area contributed by atoms with Gasteiger partial charge < -0.3 is 9.51 Å². The largest absolute Gasteiger partial charge is 0.361 e. The molecule has 0 aliphatic rings. The van der Waals surface area contributed by atoms with Gasteiger partial charge in [-0.25, -0.2) is 0 Å². The Morgan fingerprint density at radius 3 is 2.70 bits per heavy atom. The Morgan fingerprint density at radius 2 is 2.05 bits per heavy atom. The molecule has 0 fully saturated rings. The van der Waals surface area contributed by atoms with Crippen molar-refractivity contribution in [3.63, 3.8) is 0 Å². The zero-order valence-electron chi connectivity index (χ0n) is 12.4. The Kier molecular flexibility index (Phi) is 3.13. The number of fused-ring (bicyclic) bond motifs is 1. The molecule has 0 bridgehead atoms. The van der Waals surface area contributed by atoms with Gasteiger partial charge in [-0.1, -0.05) is 25.1 Å². The van der Waals surface area contributed by atoms with Crippen molar-refractivity contribution in [2.45, 2.75) is 34.1 Å². The van der Waals surface area contributed by atoms with Crippen LogP contribution >= 0.6 is 0 Å². The van der Waals surface area contributed by atoms with E-state index in [1.807, 2.05) is 20.0 Å². The molecule has 0 amide bonds. The van der Waals surface area contributed by atoms with Crippen LogP contribution in [0.5, 0.6) is 0 Å². The molecule has 1 N–H and O–H groups in total. The average Bonchev–Trinajstić information content (AvgIpc) is 2.95. The Bertz CT molecular complexity index is 730. The summed E-state index contributed by atoms with van der Waals surface area (Å²) in [6.07, 6.45) is 3.08. The molecule has 0 aliphatic carbocycles. The van der Waals surface area contributed by atoms with Gasteiger partial charge in [0.2, 0.25) is 0 Å².